The number of nitrogens with zero attached hydrogens (tertiary/aromatic N) is 1. The number of rotatable bonds is 4. The Bertz CT molecular complexity index is 848. The average molecular weight is 393 g/mol. The summed E-state index contributed by atoms with van der Waals surface area (Å²) in [5.74, 6) is 0.0134. The Kier molecular flexibility index (Phi) is 6.41. The molecule has 1 N–H and O–H groups in total. The van der Waals surface area contributed by atoms with Crippen molar-refractivity contribution >= 4 is 11.8 Å². The Hall–Kier alpha value is -2.62. The molecule has 4 heteroatoms. The van der Waals surface area contributed by atoms with Crippen molar-refractivity contribution in [3.05, 3.63) is 70.8 Å². The van der Waals surface area contributed by atoms with Crippen LogP contribution in [0.2, 0.25) is 0 Å². The lowest BCUT2D eigenvalue weighted by molar-refractivity contribution is 0.0635. The first kappa shape index (κ1) is 21.1. The lowest BCUT2D eigenvalue weighted by Crippen LogP contribution is -2.42. The molecule has 0 saturated carbocycles. The molecular formula is C25H32N2O2. The van der Waals surface area contributed by atoms with Gasteiger partial charge in [0.05, 0.1) is 0 Å². The van der Waals surface area contributed by atoms with Gasteiger partial charge in [0.2, 0.25) is 0 Å². The van der Waals surface area contributed by atoms with E-state index >= 15 is 0 Å². The number of benzene rings is 2. The molecule has 1 unspecified atom stereocenters. The highest BCUT2D eigenvalue weighted by Gasteiger charge is 2.24. The zero-order valence-electron chi connectivity index (χ0n) is 18.0. The lowest BCUT2D eigenvalue weighted by atomic mass is 9.87. The number of hydrogen-bond acceptors (Lipinski definition) is 2. The van der Waals surface area contributed by atoms with Crippen LogP contribution in [-0.2, 0) is 12.0 Å². The van der Waals surface area contributed by atoms with Crippen LogP contribution in [0, 0.1) is 0 Å². The van der Waals surface area contributed by atoms with Gasteiger partial charge in [-0.1, -0.05) is 45.0 Å². The average Bonchev–Trinajstić information content (AvgIpc) is 2.72. The highest BCUT2D eigenvalue weighted by molar-refractivity contribution is 5.95. The SMILES string of the molecule is CC1CCCCN1C(=O)c1ccc(CNC(=O)c2ccc(C(C)(C)C)cc2)cc1. The molecule has 2 aromatic carbocycles. The van der Waals surface area contributed by atoms with Crippen molar-refractivity contribution in [3.63, 3.8) is 0 Å². The minimum absolute atomic E-state index is 0.0696. The molecule has 2 amide bonds. The van der Waals surface area contributed by atoms with Crippen molar-refractivity contribution in [2.45, 2.75) is 65.0 Å². The van der Waals surface area contributed by atoms with Gasteiger partial charge in [0.15, 0.2) is 0 Å². The zero-order chi connectivity index (χ0) is 21.0. The van der Waals surface area contributed by atoms with Crippen LogP contribution in [-0.4, -0.2) is 29.3 Å². The predicted molar refractivity (Wildman–Crippen MR) is 117 cm³/mol. The van der Waals surface area contributed by atoms with Crippen LogP contribution in [0.15, 0.2) is 48.5 Å². The molecule has 4 nitrogen and oxygen atoms in total. The first-order chi connectivity index (χ1) is 13.8. The largest absolute Gasteiger partial charge is 0.348 e. The van der Waals surface area contributed by atoms with Gasteiger partial charge in [-0.3, -0.25) is 9.59 Å². The third-order valence-corrected chi connectivity index (χ3v) is 5.73. The van der Waals surface area contributed by atoms with Gasteiger partial charge >= 0.3 is 0 Å². The van der Waals surface area contributed by atoms with Crippen molar-refractivity contribution < 1.29 is 9.59 Å². The van der Waals surface area contributed by atoms with Crippen LogP contribution in [0.4, 0.5) is 0 Å². The van der Waals surface area contributed by atoms with E-state index in [1.54, 1.807) is 0 Å². The fourth-order valence-corrected chi connectivity index (χ4v) is 3.74. The third kappa shape index (κ3) is 5.26. The van der Waals surface area contributed by atoms with Gasteiger partial charge in [-0.15, -0.1) is 0 Å². The van der Waals surface area contributed by atoms with Crippen molar-refractivity contribution in [3.8, 4) is 0 Å². The highest BCUT2D eigenvalue weighted by atomic mass is 16.2. The fourth-order valence-electron chi connectivity index (χ4n) is 3.74. The number of nitrogens with one attached hydrogen (secondary N) is 1. The summed E-state index contributed by atoms with van der Waals surface area (Å²) in [6, 6.07) is 15.6. The van der Waals surface area contributed by atoms with Crippen molar-refractivity contribution in [1.82, 2.24) is 10.2 Å². The molecule has 3 rings (SSSR count). The number of likely N-dealkylation sites (tertiary alicyclic amines) is 1. The fraction of sp³-hybridized carbons (Fsp3) is 0.440. The number of amides is 2. The Morgan fingerprint density at radius 1 is 0.966 bits per heavy atom. The van der Waals surface area contributed by atoms with E-state index in [2.05, 4.69) is 33.0 Å². The predicted octanol–water partition coefficient (Wildman–Crippen LogP) is 4.93. The maximum Gasteiger partial charge on any atom is 0.254 e. The first-order valence-electron chi connectivity index (χ1n) is 10.5. The summed E-state index contributed by atoms with van der Waals surface area (Å²) in [6.07, 6.45) is 3.35. The van der Waals surface area contributed by atoms with Gasteiger partial charge in [0.25, 0.3) is 11.8 Å². The molecule has 0 radical (unpaired) electrons. The van der Waals surface area contributed by atoms with Gasteiger partial charge in [0.1, 0.15) is 0 Å². The molecular weight excluding hydrogens is 360 g/mol. The molecule has 1 fully saturated rings. The van der Waals surface area contributed by atoms with Gasteiger partial charge in [-0.2, -0.15) is 0 Å². The Morgan fingerprint density at radius 2 is 1.59 bits per heavy atom. The molecule has 0 aromatic heterocycles. The van der Waals surface area contributed by atoms with E-state index in [4.69, 9.17) is 0 Å². The molecule has 1 aliphatic rings. The highest BCUT2D eigenvalue weighted by Crippen LogP contribution is 2.22. The van der Waals surface area contributed by atoms with E-state index in [0.717, 1.165) is 24.9 Å². The number of hydrogen-bond donors (Lipinski definition) is 1. The molecule has 1 atom stereocenters. The van der Waals surface area contributed by atoms with Crippen molar-refractivity contribution in [2.75, 3.05) is 6.54 Å². The van der Waals surface area contributed by atoms with E-state index in [1.165, 1.54) is 12.0 Å². The van der Waals surface area contributed by atoms with Gasteiger partial charge in [-0.25, -0.2) is 0 Å². The standard InChI is InChI=1S/C25H32N2O2/c1-18-7-5-6-16-27(18)24(29)21-10-8-19(9-11-21)17-26-23(28)20-12-14-22(15-13-20)25(2,3)4/h8-15,18H,5-7,16-17H2,1-4H3,(H,26,28). The zero-order valence-corrected chi connectivity index (χ0v) is 18.0. The third-order valence-electron chi connectivity index (χ3n) is 5.73. The number of carbonyl (C=O) groups is 2. The van der Waals surface area contributed by atoms with Crippen LogP contribution in [0.1, 0.15) is 78.8 Å². The maximum absolute atomic E-state index is 12.7. The van der Waals surface area contributed by atoms with Crippen molar-refractivity contribution in [2.24, 2.45) is 0 Å². The Balaban J connectivity index is 1.57. The van der Waals surface area contributed by atoms with E-state index < -0.39 is 0 Å². The maximum atomic E-state index is 12.7. The Labute approximate surface area is 174 Å². The van der Waals surface area contributed by atoms with Gasteiger partial charge in [-0.05, 0) is 67.0 Å². The summed E-state index contributed by atoms with van der Waals surface area (Å²) >= 11 is 0. The van der Waals surface area contributed by atoms with E-state index in [-0.39, 0.29) is 17.2 Å². The summed E-state index contributed by atoms with van der Waals surface area (Å²) in [4.78, 5) is 27.1. The molecule has 1 heterocycles. The van der Waals surface area contributed by atoms with E-state index in [1.807, 2.05) is 53.4 Å². The molecule has 1 aliphatic heterocycles. The summed E-state index contributed by atoms with van der Waals surface area (Å²) in [5, 5.41) is 2.96. The van der Waals surface area contributed by atoms with Crippen LogP contribution in [0.25, 0.3) is 0 Å². The molecule has 0 spiro atoms. The monoisotopic (exact) mass is 392 g/mol. The second-order valence-electron chi connectivity index (χ2n) is 9.05. The number of carbonyl (C=O) groups excluding carboxylic acids is 2. The van der Waals surface area contributed by atoms with E-state index in [0.29, 0.717) is 23.7 Å². The molecule has 154 valence electrons. The molecule has 0 aliphatic carbocycles. The first-order valence-corrected chi connectivity index (χ1v) is 10.5. The second-order valence-corrected chi connectivity index (χ2v) is 9.05. The summed E-state index contributed by atoms with van der Waals surface area (Å²) in [5.41, 5.74) is 3.63. The molecule has 0 bridgehead atoms. The molecule has 1 saturated heterocycles. The topological polar surface area (TPSA) is 49.4 Å². The van der Waals surface area contributed by atoms with E-state index in [9.17, 15) is 9.59 Å². The second kappa shape index (κ2) is 8.81. The van der Waals surface area contributed by atoms with Crippen LogP contribution in [0.5, 0.6) is 0 Å². The molecule has 2 aromatic rings. The molecule has 29 heavy (non-hydrogen) atoms. The quantitative estimate of drug-likeness (QED) is 0.802. The summed E-state index contributed by atoms with van der Waals surface area (Å²) in [6.45, 7) is 9.86. The van der Waals surface area contributed by atoms with Crippen LogP contribution >= 0.6 is 0 Å². The minimum atomic E-state index is -0.0900. The van der Waals surface area contributed by atoms with Crippen LogP contribution < -0.4 is 5.32 Å². The number of piperidine rings is 1. The lowest BCUT2D eigenvalue weighted by Gasteiger charge is -2.33. The normalized spacial score (nSPS) is 17.1. The van der Waals surface area contributed by atoms with Crippen molar-refractivity contribution in [1.29, 1.82) is 0 Å². The van der Waals surface area contributed by atoms with Gasteiger partial charge < -0.3 is 10.2 Å². The summed E-state index contributed by atoms with van der Waals surface area (Å²) in [7, 11) is 0. The summed E-state index contributed by atoms with van der Waals surface area (Å²) < 4.78 is 0. The minimum Gasteiger partial charge on any atom is -0.348 e. The smallest absolute Gasteiger partial charge is 0.254 e. The van der Waals surface area contributed by atoms with Crippen LogP contribution in [0.3, 0.4) is 0 Å². The Morgan fingerprint density at radius 3 is 2.17 bits per heavy atom. The van der Waals surface area contributed by atoms with Gasteiger partial charge in [0, 0.05) is 30.3 Å².